The predicted octanol–water partition coefficient (Wildman–Crippen LogP) is 5.21. The van der Waals surface area contributed by atoms with Crippen LogP contribution in [0.5, 0.6) is 11.5 Å². The summed E-state index contributed by atoms with van der Waals surface area (Å²) in [6.07, 6.45) is 6.24. The fourth-order valence-corrected chi connectivity index (χ4v) is 3.10. The zero-order valence-corrected chi connectivity index (χ0v) is 13.5. The Balaban J connectivity index is 1.61. The number of hydrogen-bond acceptors (Lipinski definition) is 2. The van der Waals surface area contributed by atoms with Gasteiger partial charge in [0, 0.05) is 6.04 Å². The number of benzene rings is 2. The Bertz CT molecular complexity index is 608. The highest BCUT2D eigenvalue weighted by Crippen LogP contribution is 2.29. The summed E-state index contributed by atoms with van der Waals surface area (Å²) in [6, 6.07) is 16.6. The van der Waals surface area contributed by atoms with Gasteiger partial charge >= 0.3 is 0 Å². The normalized spacial score (nSPS) is 18.1. The van der Waals surface area contributed by atoms with Gasteiger partial charge in [0.15, 0.2) is 0 Å². The highest BCUT2D eigenvalue weighted by Gasteiger charge is 2.12. The molecule has 1 fully saturated rings. The number of nitrogens with one attached hydrogen (secondary N) is 1. The standard InChI is InChI=1S/C19H22ClNO/c20-18-9-1-2-10-19(18)22-17-8-5-6-15(14-17)11-12-16-7-3-4-13-21-16/h1-2,5-6,8-10,14,16,21H,3-4,7,11-13H2. The summed E-state index contributed by atoms with van der Waals surface area (Å²) < 4.78 is 5.89. The smallest absolute Gasteiger partial charge is 0.146 e. The van der Waals surface area contributed by atoms with E-state index in [1.807, 2.05) is 30.3 Å². The number of rotatable bonds is 5. The molecule has 1 aliphatic rings. The van der Waals surface area contributed by atoms with Gasteiger partial charge in [-0.2, -0.15) is 0 Å². The lowest BCUT2D eigenvalue weighted by Crippen LogP contribution is -2.34. The third-order valence-electron chi connectivity index (χ3n) is 4.16. The second-order valence-corrected chi connectivity index (χ2v) is 6.27. The van der Waals surface area contributed by atoms with Crippen LogP contribution in [0, 0.1) is 0 Å². The van der Waals surface area contributed by atoms with Crippen LogP contribution >= 0.6 is 11.6 Å². The summed E-state index contributed by atoms with van der Waals surface area (Å²) in [4.78, 5) is 0. The van der Waals surface area contributed by atoms with Crippen molar-refractivity contribution in [1.29, 1.82) is 0 Å². The second kappa shape index (κ2) is 7.66. The quantitative estimate of drug-likeness (QED) is 0.818. The van der Waals surface area contributed by atoms with Crippen molar-refractivity contribution < 1.29 is 4.74 Å². The Kier molecular flexibility index (Phi) is 5.36. The number of halogens is 1. The van der Waals surface area contributed by atoms with Crippen LogP contribution in [0.3, 0.4) is 0 Å². The van der Waals surface area contributed by atoms with Gasteiger partial charge in [0.1, 0.15) is 11.5 Å². The van der Waals surface area contributed by atoms with Gasteiger partial charge in [0.2, 0.25) is 0 Å². The minimum Gasteiger partial charge on any atom is -0.456 e. The molecular weight excluding hydrogens is 294 g/mol. The van der Waals surface area contributed by atoms with Crippen LogP contribution in [0.25, 0.3) is 0 Å². The number of aryl methyl sites for hydroxylation is 1. The molecule has 1 atom stereocenters. The van der Waals surface area contributed by atoms with E-state index in [1.54, 1.807) is 0 Å². The van der Waals surface area contributed by atoms with Crippen molar-refractivity contribution in [2.45, 2.75) is 38.1 Å². The largest absolute Gasteiger partial charge is 0.456 e. The van der Waals surface area contributed by atoms with Crippen molar-refractivity contribution in [3.63, 3.8) is 0 Å². The van der Waals surface area contributed by atoms with Gasteiger partial charge in [-0.3, -0.25) is 0 Å². The molecule has 116 valence electrons. The molecular formula is C19H22ClNO. The highest BCUT2D eigenvalue weighted by atomic mass is 35.5. The van der Waals surface area contributed by atoms with Gasteiger partial charge in [-0.15, -0.1) is 0 Å². The van der Waals surface area contributed by atoms with Gasteiger partial charge in [0.05, 0.1) is 5.02 Å². The van der Waals surface area contributed by atoms with Crippen LogP contribution < -0.4 is 10.1 Å². The van der Waals surface area contributed by atoms with Crippen molar-refractivity contribution in [3.8, 4) is 11.5 Å². The number of ether oxygens (including phenoxy) is 1. The van der Waals surface area contributed by atoms with Crippen LogP contribution in [0.4, 0.5) is 0 Å². The Morgan fingerprint density at radius 3 is 2.82 bits per heavy atom. The maximum Gasteiger partial charge on any atom is 0.146 e. The first-order chi connectivity index (χ1) is 10.8. The molecule has 2 nitrogen and oxygen atoms in total. The van der Waals surface area contributed by atoms with Crippen LogP contribution in [0.15, 0.2) is 48.5 Å². The minimum absolute atomic E-state index is 0.638. The van der Waals surface area contributed by atoms with E-state index in [9.17, 15) is 0 Å². The average molecular weight is 316 g/mol. The Morgan fingerprint density at radius 1 is 1.09 bits per heavy atom. The van der Waals surface area contributed by atoms with Gasteiger partial charge in [-0.1, -0.05) is 42.3 Å². The first-order valence-corrected chi connectivity index (χ1v) is 8.44. The summed E-state index contributed by atoms with van der Waals surface area (Å²) in [5, 5.41) is 4.24. The van der Waals surface area contributed by atoms with E-state index in [4.69, 9.17) is 16.3 Å². The molecule has 1 N–H and O–H groups in total. The van der Waals surface area contributed by atoms with Crippen LogP contribution in [0.2, 0.25) is 5.02 Å². The van der Waals surface area contributed by atoms with Crippen molar-refractivity contribution in [2.24, 2.45) is 0 Å². The molecule has 1 unspecified atom stereocenters. The zero-order chi connectivity index (χ0) is 15.2. The SMILES string of the molecule is Clc1ccccc1Oc1cccc(CCC2CCCCN2)c1. The van der Waals surface area contributed by atoms with E-state index in [0.29, 0.717) is 16.8 Å². The number of hydrogen-bond donors (Lipinski definition) is 1. The first kappa shape index (κ1) is 15.4. The van der Waals surface area contributed by atoms with E-state index in [-0.39, 0.29) is 0 Å². The molecule has 2 aromatic rings. The van der Waals surface area contributed by atoms with Crippen molar-refractivity contribution in [2.75, 3.05) is 6.54 Å². The molecule has 1 heterocycles. The molecule has 1 aliphatic heterocycles. The van der Waals surface area contributed by atoms with E-state index in [2.05, 4.69) is 23.5 Å². The maximum atomic E-state index is 6.14. The fourth-order valence-electron chi connectivity index (χ4n) is 2.93. The van der Waals surface area contributed by atoms with Crippen molar-refractivity contribution >= 4 is 11.6 Å². The minimum atomic E-state index is 0.638. The van der Waals surface area contributed by atoms with E-state index < -0.39 is 0 Å². The van der Waals surface area contributed by atoms with E-state index >= 15 is 0 Å². The maximum absolute atomic E-state index is 6.14. The lowest BCUT2D eigenvalue weighted by Gasteiger charge is -2.23. The third-order valence-corrected chi connectivity index (χ3v) is 4.47. The molecule has 3 rings (SSSR count). The summed E-state index contributed by atoms with van der Waals surface area (Å²) in [5.41, 5.74) is 1.32. The summed E-state index contributed by atoms with van der Waals surface area (Å²) in [6.45, 7) is 1.17. The Hall–Kier alpha value is -1.51. The summed E-state index contributed by atoms with van der Waals surface area (Å²) >= 11 is 6.14. The number of para-hydroxylation sites is 1. The monoisotopic (exact) mass is 315 g/mol. The Labute approximate surface area is 137 Å². The predicted molar refractivity (Wildman–Crippen MR) is 91.9 cm³/mol. The van der Waals surface area contributed by atoms with E-state index in [0.717, 1.165) is 12.2 Å². The Morgan fingerprint density at radius 2 is 2.00 bits per heavy atom. The van der Waals surface area contributed by atoms with Gasteiger partial charge < -0.3 is 10.1 Å². The zero-order valence-electron chi connectivity index (χ0n) is 12.7. The second-order valence-electron chi connectivity index (χ2n) is 5.87. The molecule has 0 saturated carbocycles. The van der Waals surface area contributed by atoms with Crippen LogP contribution in [-0.2, 0) is 6.42 Å². The molecule has 0 aliphatic carbocycles. The fraction of sp³-hybridized carbons (Fsp3) is 0.368. The molecule has 22 heavy (non-hydrogen) atoms. The van der Waals surface area contributed by atoms with Crippen molar-refractivity contribution in [3.05, 3.63) is 59.1 Å². The number of piperidine rings is 1. The van der Waals surface area contributed by atoms with Gasteiger partial charge in [-0.05, 0) is 62.1 Å². The molecule has 0 spiro atoms. The van der Waals surface area contributed by atoms with Crippen LogP contribution in [0.1, 0.15) is 31.2 Å². The van der Waals surface area contributed by atoms with E-state index in [1.165, 1.54) is 37.8 Å². The first-order valence-electron chi connectivity index (χ1n) is 8.06. The molecule has 2 aromatic carbocycles. The summed E-state index contributed by atoms with van der Waals surface area (Å²) in [5.74, 6) is 1.55. The van der Waals surface area contributed by atoms with Crippen LogP contribution in [-0.4, -0.2) is 12.6 Å². The average Bonchev–Trinajstić information content (AvgIpc) is 2.57. The lowest BCUT2D eigenvalue weighted by atomic mass is 9.98. The van der Waals surface area contributed by atoms with Gasteiger partial charge in [-0.25, -0.2) is 0 Å². The topological polar surface area (TPSA) is 21.3 Å². The molecule has 1 saturated heterocycles. The highest BCUT2D eigenvalue weighted by molar-refractivity contribution is 6.32. The molecule has 0 amide bonds. The molecule has 0 radical (unpaired) electrons. The van der Waals surface area contributed by atoms with Crippen molar-refractivity contribution in [1.82, 2.24) is 5.32 Å². The molecule has 3 heteroatoms. The molecule has 0 bridgehead atoms. The lowest BCUT2D eigenvalue weighted by molar-refractivity contribution is 0.382. The molecule has 0 aromatic heterocycles. The van der Waals surface area contributed by atoms with Gasteiger partial charge in [0.25, 0.3) is 0 Å². The summed E-state index contributed by atoms with van der Waals surface area (Å²) in [7, 11) is 0. The third kappa shape index (κ3) is 4.25.